The topological polar surface area (TPSA) is 120 Å². The molecule has 24 heavy (non-hydrogen) atoms. The van der Waals surface area contributed by atoms with E-state index in [1.807, 2.05) is 0 Å². The Labute approximate surface area is 149 Å². The highest BCUT2D eigenvalue weighted by Crippen LogP contribution is 2.30. The van der Waals surface area contributed by atoms with Crippen molar-refractivity contribution >= 4 is 42.9 Å². The lowest BCUT2D eigenvalue weighted by atomic mass is 10.1. The van der Waals surface area contributed by atoms with Crippen molar-refractivity contribution in [3.8, 4) is 0 Å². The first kappa shape index (κ1) is 19.1. The van der Waals surface area contributed by atoms with E-state index in [-0.39, 0.29) is 31.2 Å². The zero-order chi connectivity index (χ0) is 18.3. The van der Waals surface area contributed by atoms with Gasteiger partial charge in [-0.05, 0) is 12.1 Å². The summed E-state index contributed by atoms with van der Waals surface area (Å²) in [6.45, 7) is 0. The van der Waals surface area contributed by atoms with Gasteiger partial charge in [-0.3, -0.25) is 9.97 Å². The molecule has 0 radical (unpaired) electrons. The van der Waals surface area contributed by atoms with Crippen LogP contribution in [0.1, 0.15) is 17.4 Å². The first-order chi connectivity index (χ1) is 10.9. The molecule has 0 atom stereocenters. The van der Waals surface area contributed by atoms with Gasteiger partial charge in [-0.2, -0.15) is 0 Å². The molecule has 0 saturated carbocycles. The molecule has 0 saturated heterocycles. The van der Waals surface area contributed by atoms with E-state index < -0.39 is 25.7 Å². The van der Waals surface area contributed by atoms with Gasteiger partial charge in [0, 0.05) is 24.9 Å². The van der Waals surface area contributed by atoms with Gasteiger partial charge >= 0.3 is 0 Å². The summed E-state index contributed by atoms with van der Waals surface area (Å²) in [6, 6.07) is 1.21. The molecule has 2 heterocycles. The number of sulfone groups is 2. The van der Waals surface area contributed by atoms with Crippen LogP contribution >= 0.6 is 23.2 Å². The number of nitrogens with zero attached hydrogens (tertiary/aromatic N) is 2. The van der Waals surface area contributed by atoms with Gasteiger partial charge in [0.15, 0.2) is 19.7 Å². The molecule has 2 aromatic heterocycles. The highest BCUT2D eigenvalue weighted by atomic mass is 35.5. The molecule has 130 valence electrons. The van der Waals surface area contributed by atoms with Crippen molar-refractivity contribution in [3.05, 3.63) is 46.0 Å². The summed E-state index contributed by atoms with van der Waals surface area (Å²) in [7, 11) is -7.39. The maximum absolute atomic E-state index is 12.0. The van der Waals surface area contributed by atoms with E-state index in [4.69, 9.17) is 28.9 Å². The molecule has 0 aliphatic carbocycles. The molecular formula is C13H13Cl2N3O4S2. The Bertz CT molecular complexity index is 926. The molecule has 7 nitrogen and oxygen atoms in total. The number of hydrogen-bond donors (Lipinski definition) is 1. The van der Waals surface area contributed by atoms with Crippen molar-refractivity contribution in [2.45, 2.75) is 15.8 Å². The van der Waals surface area contributed by atoms with E-state index in [0.29, 0.717) is 0 Å². The van der Waals surface area contributed by atoms with E-state index in [1.54, 1.807) is 0 Å². The second kappa shape index (κ2) is 6.57. The van der Waals surface area contributed by atoms with Crippen molar-refractivity contribution in [2.24, 2.45) is 5.73 Å². The molecule has 2 rings (SSSR count). The fourth-order valence-corrected chi connectivity index (χ4v) is 4.30. The van der Waals surface area contributed by atoms with Crippen LogP contribution in [0.3, 0.4) is 0 Å². The van der Waals surface area contributed by atoms with Crippen LogP contribution in [0.15, 0.2) is 34.3 Å². The first-order valence-electron chi connectivity index (χ1n) is 6.38. The van der Waals surface area contributed by atoms with Crippen LogP contribution in [0.5, 0.6) is 0 Å². The minimum Gasteiger partial charge on any atom is -0.318 e. The van der Waals surface area contributed by atoms with Crippen molar-refractivity contribution in [2.75, 3.05) is 12.5 Å². The summed E-state index contributed by atoms with van der Waals surface area (Å²) in [5.74, 6) is 0. The third kappa shape index (κ3) is 4.04. The molecule has 0 amide bonds. The van der Waals surface area contributed by atoms with Crippen molar-refractivity contribution in [1.82, 2.24) is 9.97 Å². The highest BCUT2D eigenvalue weighted by Gasteiger charge is 2.27. The van der Waals surface area contributed by atoms with Crippen LogP contribution in [0.25, 0.3) is 0 Å². The van der Waals surface area contributed by atoms with Crippen LogP contribution in [-0.2, 0) is 19.7 Å². The maximum atomic E-state index is 12.0. The highest BCUT2D eigenvalue weighted by molar-refractivity contribution is 7.91. The lowest BCUT2D eigenvalue weighted by Crippen LogP contribution is -2.21. The van der Waals surface area contributed by atoms with Crippen molar-refractivity contribution in [3.63, 3.8) is 0 Å². The van der Waals surface area contributed by atoms with Gasteiger partial charge < -0.3 is 5.73 Å². The molecule has 0 fully saturated rings. The largest absolute Gasteiger partial charge is 0.318 e. The van der Waals surface area contributed by atoms with Crippen LogP contribution in [0.4, 0.5) is 0 Å². The Morgan fingerprint density at radius 1 is 0.875 bits per heavy atom. The zero-order valence-electron chi connectivity index (χ0n) is 12.6. The van der Waals surface area contributed by atoms with Crippen LogP contribution in [0.2, 0.25) is 10.0 Å². The molecule has 0 aliphatic heterocycles. The molecule has 2 N–H and O–H groups in total. The molecule has 0 aromatic carbocycles. The van der Waals surface area contributed by atoms with Gasteiger partial charge in [0.05, 0.1) is 37.3 Å². The van der Waals surface area contributed by atoms with Gasteiger partial charge in [0.1, 0.15) is 0 Å². The van der Waals surface area contributed by atoms with E-state index >= 15 is 0 Å². The van der Waals surface area contributed by atoms with E-state index in [1.165, 1.54) is 24.5 Å². The predicted octanol–water partition coefficient (Wildman–Crippen LogP) is 1.64. The minimum absolute atomic E-state index is 0.0541. The average molecular weight is 410 g/mol. The number of rotatable bonds is 4. The van der Waals surface area contributed by atoms with Crippen molar-refractivity contribution in [1.29, 1.82) is 0 Å². The normalized spacial score (nSPS) is 12.6. The fourth-order valence-electron chi connectivity index (χ4n) is 2.05. The smallest absolute Gasteiger partial charge is 0.177 e. The molecular weight excluding hydrogens is 397 g/mol. The van der Waals surface area contributed by atoms with Gasteiger partial charge in [-0.25, -0.2) is 16.8 Å². The zero-order valence-corrected chi connectivity index (χ0v) is 15.7. The molecule has 11 heteroatoms. The summed E-state index contributed by atoms with van der Waals surface area (Å²) in [5, 5.41) is 0.220. The fraction of sp³-hybridized carbons (Fsp3) is 0.231. The Kier molecular flexibility index (Phi) is 5.22. The summed E-state index contributed by atoms with van der Waals surface area (Å²) < 4.78 is 47.9. The Morgan fingerprint density at radius 2 is 1.21 bits per heavy atom. The van der Waals surface area contributed by atoms with Gasteiger partial charge in [0.2, 0.25) is 0 Å². The molecule has 0 bridgehead atoms. The predicted molar refractivity (Wildman–Crippen MR) is 90.7 cm³/mol. The second-order valence-electron chi connectivity index (χ2n) is 5.10. The number of hydrogen-bond acceptors (Lipinski definition) is 7. The summed E-state index contributed by atoms with van der Waals surface area (Å²) in [5.41, 5.74) is 5.96. The van der Waals surface area contributed by atoms with Crippen LogP contribution in [0, 0.1) is 0 Å². The van der Waals surface area contributed by atoms with Gasteiger partial charge in [0.25, 0.3) is 0 Å². The summed E-state index contributed by atoms with van der Waals surface area (Å²) in [6.07, 6.45) is 4.40. The minimum atomic E-state index is -3.70. The molecule has 0 unspecified atom stereocenters. The Hall–Kier alpha value is -1.26. The molecule has 2 aromatic rings. The first-order valence-corrected chi connectivity index (χ1v) is 10.9. The maximum Gasteiger partial charge on any atom is 0.177 e. The van der Waals surface area contributed by atoms with Crippen molar-refractivity contribution < 1.29 is 16.8 Å². The van der Waals surface area contributed by atoms with Crippen LogP contribution in [-0.4, -0.2) is 39.3 Å². The number of halogens is 2. The quantitative estimate of drug-likeness (QED) is 0.814. The lowest BCUT2D eigenvalue weighted by Gasteiger charge is -2.17. The summed E-state index contributed by atoms with van der Waals surface area (Å²) in [4.78, 5) is 7.53. The average Bonchev–Trinajstić information content (AvgIpc) is 2.44. The molecule has 0 spiro atoms. The standard InChI is InChI=1S/C13H13Cl2N3O4S2/c1-23(19,20)9-3-7(14)5-17-12(9)11(16)13-10(24(2,21)22)4-8(15)6-18-13/h3-6,11H,16H2,1-2H3. The summed E-state index contributed by atoms with van der Waals surface area (Å²) >= 11 is 11.6. The SMILES string of the molecule is CS(=O)(=O)c1cc(Cl)cnc1C(N)c1ncc(Cl)cc1S(C)(=O)=O. The number of nitrogens with two attached hydrogens (primary N) is 1. The Balaban J connectivity index is 2.74. The Morgan fingerprint density at radius 3 is 1.50 bits per heavy atom. The third-order valence-electron chi connectivity index (χ3n) is 3.08. The van der Waals surface area contributed by atoms with Gasteiger partial charge in [-0.15, -0.1) is 0 Å². The molecule has 0 aliphatic rings. The number of aromatic nitrogens is 2. The lowest BCUT2D eigenvalue weighted by molar-refractivity contribution is 0.596. The van der Waals surface area contributed by atoms with E-state index in [2.05, 4.69) is 9.97 Å². The monoisotopic (exact) mass is 409 g/mol. The third-order valence-corrected chi connectivity index (χ3v) is 5.75. The van der Waals surface area contributed by atoms with E-state index in [9.17, 15) is 16.8 Å². The van der Waals surface area contributed by atoms with Gasteiger partial charge in [-0.1, -0.05) is 23.2 Å². The second-order valence-corrected chi connectivity index (χ2v) is 9.94. The van der Waals surface area contributed by atoms with Crippen LogP contribution < -0.4 is 5.73 Å². The van der Waals surface area contributed by atoms with E-state index in [0.717, 1.165) is 12.5 Å². The number of pyridine rings is 2.